The summed E-state index contributed by atoms with van der Waals surface area (Å²) in [6, 6.07) is 8.14. The van der Waals surface area contributed by atoms with Gasteiger partial charge in [0.15, 0.2) is 5.65 Å². The van der Waals surface area contributed by atoms with E-state index in [-0.39, 0.29) is 18.1 Å². The normalized spacial score (nSPS) is 23.8. The number of hydrogen-bond donors (Lipinski definition) is 3. The van der Waals surface area contributed by atoms with Crippen LogP contribution in [0.25, 0.3) is 16.8 Å². The monoisotopic (exact) mass is 519 g/mol. The molecule has 9 heteroatoms. The Morgan fingerprint density at radius 1 is 1.16 bits per heavy atom. The van der Waals surface area contributed by atoms with Gasteiger partial charge in [0.25, 0.3) is 5.91 Å². The van der Waals surface area contributed by atoms with Crippen LogP contribution in [0, 0.1) is 12.8 Å². The molecule has 0 radical (unpaired) electrons. The van der Waals surface area contributed by atoms with E-state index in [1.807, 2.05) is 41.9 Å². The number of aliphatic hydroxyl groups excluding tert-OH is 1. The number of carbonyl (C=O) groups is 1. The molecule has 3 heterocycles. The average Bonchev–Trinajstić information content (AvgIpc) is 3.63. The van der Waals surface area contributed by atoms with E-state index in [0.717, 1.165) is 87.0 Å². The van der Waals surface area contributed by atoms with Gasteiger partial charge < -0.3 is 25.2 Å². The Morgan fingerprint density at radius 3 is 2.74 bits per heavy atom. The number of fused-ring (bicyclic) bond motifs is 1. The minimum atomic E-state index is -0.167. The maximum absolute atomic E-state index is 12.6. The van der Waals surface area contributed by atoms with E-state index >= 15 is 0 Å². The minimum Gasteiger partial charge on any atom is -0.472 e. The van der Waals surface area contributed by atoms with Crippen LogP contribution in [0.3, 0.4) is 0 Å². The second-order valence-electron chi connectivity index (χ2n) is 11.1. The zero-order valence-electron chi connectivity index (χ0n) is 22.0. The van der Waals surface area contributed by atoms with Crippen LogP contribution in [0.15, 0.2) is 30.5 Å². The number of aromatic nitrogens is 3. The van der Waals surface area contributed by atoms with Crippen molar-refractivity contribution in [1.29, 1.82) is 0 Å². The van der Waals surface area contributed by atoms with Gasteiger partial charge in [-0.25, -0.2) is 0 Å². The summed E-state index contributed by atoms with van der Waals surface area (Å²) in [5, 5.41) is 21.2. The molecule has 1 atom stereocenters. The number of amides is 1. The highest BCUT2D eigenvalue weighted by atomic mass is 16.5. The van der Waals surface area contributed by atoms with Crippen LogP contribution in [0.2, 0.25) is 0 Å². The van der Waals surface area contributed by atoms with E-state index in [1.165, 1.54) is 0 Å². The first-order valence-corrected chi connectivity index (χ1v) is 14.0. The Kier molecular flexibility index (Phi) is 7.21. The van der Waals surface area contributed by atoms with Gasteiger partial charge in [0.1, 0.15) is 11.9 Å². The molecule has 1 unspecified atom stereocenters. The van der Waals surface area contributed by atoms with Crippen molar-refractivity contribution in [2.24, 2.45) is 5.92 Å². The first-order valence-electron chi connectivity index (χ1n) is 14.0. The summed E-state index contributed by atoms with van der Waals surface area (Å²) >= 11 is 0. The van der Waals surface area contributed by atoms with Gasteiger partial charge in [-0.15, -0.1) is 0 Å². The van der Waals surface area contributed by atoms with Gasteiger partial charge in [0.05, 0.1) is 18.9 Å². The van der Waals surface area contributed by atoms with Crippen molar-refractivity contribution in [2.75, 3.05) is 25.1 Å². The molecule has 2 saturated carbocycles. The van der Waals surface area contributed by atoms with Crippen LogP contribution in [0.4, 0.5) is 5.82 Å². The number of hydrogen-bond acceptors (Lipinski definition) is 7. The third-order valence-corrected chi connectivity index (χ3v) is 7.94. The molecule has 1 aliphatic heterocycles. The van der Waals surface area contributed by atoms with Gasteiger partial charge in [-0.1, -0.05) is 12.1 Å². The highest BCUT2D eigenvalue weighted by Crippen LogP contribution is 2.31. The van der Waals surface area contributed by atoms with Crippen LogP contribution < -0.4 is 15.4 Å². The fourth-order valence-corrected chi connectivity index (χ4v) is 5.48. The van der Waals surface area contributed by atoms with Crippen molar-refractivity contribution in [1.82, 2.24) is 19.9 Å². The molecule has 3 aromatic rings. The van der Waals surface area contributed by atoms with E-state index in [0.29, 0.717) is 35.7 Å². The molecule has 38 heavy (non-hydrogen) atoms. The number of nitrogens with zero attached hydrogens (tertiary/aromatic N) is 3. The molecule has 1 amide bonds. The van der Waals surface area contributed by atoms with Crippen molar-refractivity contribution in [3.63, 3.8) is 0 Å². The summed E-state index contributed by atoms with van der Waals surface area (Å²) in [5.74, 6) is 1.87. The number of ether oxygens (including phenoxy) is 2. The van der Waals surface area contributed by atoms with Gasteiger partial charge in [0.2, 0.25) is 5.88 Å². The number of nitrogens with one attached hydrogen (secondary N) is 2. The maximum atomic E-state index is 12.6. The average molecular weight is 520 g/mol. The molecule has 1 aromatic carbocycles. The lowest BCUT2D eigenvalue weighted by Gasteiger charge is -2.26. The molecule has 202 valence electrons. The minimum absolute atomic E-state index is 0.0124. The van der Waals surface area contributed by atoms with Crippen LogP contribution in [-0.2, 0) is 4.74 Å². The Labute approximate surface area is 222 Å². The standard InChI is InChI=1S/C29H37N5O4/c1-18-13-20(6-11-24(18)29(36)32-21-7-8-21)25-16-31-34-26(30-15-19-4-9-22(35)10-5-19)14-27(33-28(25)34)38-23-3-2-12-37-17-23/h6,11,13-14,16,19,21-23,30,35H,2-5,7-10,12,15,17H2,1H3,(H,32,36). The first-order chi connectivity index (χ1) is 18.5. The second kappa shape index (κ2) is 10.9. The molecular weight excluding hydrogens is 482 g/mol. The highest BCUT2D eigenvalue weighted by Gasteiger charge is 2.25. The lowest BCUT2D eigenvalue weighted by molar-refractivity contribution is 0.00559. The van der Waals surface area contributed by atoms with Crippen molar-refractivity contribution in [3.05, 3.63) is 41.6 Å². The molecule has 2 aliphatic carbocycles. The van der Waals surface area contributed by atoms with Crippen LogP contribution >= 0.6 is 0 Å². The zero-order valence-corrected chi connectivity index (χ0v) is 22.0. The fourth-order valence-electron chi connectivity index (χ4n) is 5.48. The highest BCUT2D eigenvalue weighted by molar-refractivity contribution is 5.97. The second-order valence-corrected chi connectivity index (χ2v) is 11.1. The lowest BCUT2D eigenvalue weighted by Crippen LogP contribution is -2.28. The van der Waals surface area contributed by atoms with Crippen LogP contribution in [0.5, 0.6) is 5.88 Å². The molecule has 2 aromatic heterocycles. The lowest BCUT2D eigenvalue weighted by atomic mass is 9.87. The van der Waals surface area contributed by atoms with Crippen molar-refractivity contribution in [3.8, 4) is 17.0 Å². The van der Waals surface area contributed by atoms with E-state index in [4.69, 9.17) is 14.5 Å². The van der Waals surface area contributed by atoms with E-state index < -0.39 is 0 Å². The van der Waals surface area contributed by atoms with Crippen LogP contribution in [-0.4, -0.2) is 63.6 Å². The van der Waals surface area contributed by atoms with E-state index in [1.54, 1.807) is 0 Å². The Hall–Kier alpha value is -3.17. The Morgan fingerprint density at radius 2 is 2.00 bits per heavy atom. The summed E-state index contributed by atoms with van der Waals surface area (Å²) in [7, 11) is 0. The number of benzene rings is 1. The van der Waals surface area contributed by atoms with Crippen LogP contribution in [0.1, 0.15) is 67.3 Å². The molecular formula is C29H37N5O4. The van der Waals surface area contributed by atoms with Crippen molar-refractivity contribution in [2.45, 2.75) is 76.5 Å². The smallest absolute Gasteiger partial charge is 0.251 e. The third kappa shape index (κ3) is 5.63. The largest absolute Gasteiger partial charge is 0.472 e. The fraction of sp³-hybridized carbons (Fsp3) is 0.552. The van der Waals surface area contributed by atoms with Gasteiger partial charge in [-0.05, 0) is 81.4 Å². The topological polar surface area (TPSA) is 110 Å². The number of anilines is 1. The Balaban J connectivity index is 1.29. The van der Waals surface area contributed by atoms with Crippen molar-refractivity contribution >= 4 is 17.4 Å². The maximum Gasteiger partial charge on any atom is 0.251 e. The molecule has 1 saturated heterocycles. The number of carbonyl (C=O) groups excluding carboxylic acids is 1. The molecule has 3 N–H and O–H groups in total. The molecule has 0 bridgehead atoms. The van der Waals surface area contributed by atoms with Gasteiger partial charge in [0, 0.05) is 36.4 Å². The molecule has 0 spiro atoms. The predicted molar refractivity (Wildman–Crippen MR) is 145 cm³/mol. The predicted octanol–water partition coefficient (Wildman–Crippen LogP) is 4.12. The molecule has 3 fully saturated rings. The van der Waals surface area contributed by atoms with Gasteiger partial charge in [-0.2, -0.15) is 14.6 Å². The summed E-state index contributed by atoms with van der Waals surface area (Å²) in [6.07, 6.45) is 9.41. The zero-order chi connectivity index (χ0) is 26.1. The third-order valence-electron chi connectivity index (χ3n) is 7.94. The van der Waals surface area contributed by atoms with Gasteiger partial charge in [-0.3, -0.25) is 4.79 Å². The molecule has 3 aliphatic rings. The molecule has 9 nitrogen and oxygen atoms in total. The SMILES string of the molecule is Cc1cc(-c2cnn3c(NCC4CCC(O)CC4)cc(OC4CCCOC4)nc23)ccc1C(=O)NC1CC1. The summed E-state index contributed by atoms with van der Waals surface area (Å²) in [6.45, 7) is 4.11. The summed E-state index contributed by atoms with van der Waals surface area (Å²) in [4.78, 5) is 17.5. The van der Waals surface area contributed by atoms with Crippen molar-refractivity contribution < 1.29 is 19.4 Å². The summed E-state index contributed by atoms with van der Waals surface area (Å²) in [5.41, 5.74) is 4.17. The summed E-state index contributed by atoms with van der Waals surface area (Å²) < 4.78 is 13.7. The quantitative estimate of drug-likeness (QED) is 0.411. The number of rotatable bonds is 8. The Bertz CT molecular complexity index is 1290. The first kappa shape index (κ1) is 25.1. The number of aliphatic hydroxyl groups is 1. The molecule has 6 rings (SSSR count). The van der Waals surface area contributed by atoms with Gasteiger partial charge >= 0.3 is 0 Å². The van der Waals surface area contributed by atoms with E-state index in [9.17, 15) is 9.90 Å². The van der Waals surface area contributed by atoms with E-state index in [2.05, 4.69) is 15.7 Å². The number of aryl methyl sites for hydroxylation is 1.